The topological polar surface area (TPSA) is 80.4 Å². The Hall–Kier alpha value is -2.97. The molecule has 0 saturated carbocycles. The molecule has 1 N–H and O–H groups in total. The van der Waals surface area contributed by atoms with E-state index in [2.05, 4.69) is 15.5 Å². The molecule has 2 rings (SSSR count). The predicted molar refractivity (Wildman–Crippen MR) is 78.2 cm³/mol. The highest BCUT2D eigenvalue weighted by atomic mass is 19.4. The molecule has 0 fully saturated rings. The van der Waals surface area contributed by atoms with E-state index < -0.39 is 16.7 Å². The number of nitrogens with zero attached hydrogens (tertiary/aromatic N) is 3. The van der Waals surface area contributed by atoms with Crippen LogP contribution in [0.2, 0.25) is 0 Å². The Morgan fingerprint density at radius 2 is 1.87 bits per heavy atom. The molecule has 2 aromatic rings. The Kier molecular flexibility index (Phi) is 4.58. The van der Waals surface area contributed by atoms with Crippen molar-refractivity contribution in [2.24, 2.45) is 5.10 Å². The summed E-state index contributed by atoms with van der Waals surface area (Å²) in [4.78, 5) is 13.7. The van der Waals surface area contributed by atoms with Gasteiger partial charge in [0, 0.05) is 18.3 Å². The van der Waals surface area contributed by atoms with Crippen molar-refractivity contribution in [3.63, 3.8) is 0 Å². The van der Waals surface area contributed by atoms with E-state index in [0.717, 1.165) is 12.1 Å². The first-order valence-electron chi connectivity index (χ1n) is 6.36. The second-order valence-electron chi connectivity index (χ2n) is 4.54. The molecule has 0 atom stereocenters. The van der Waals surface area contributed by atoms with Gasteiger partial charge in [0.25, 0.3) is 5.69 Å². The van der Waals surface area contributed by atoms with Crippen LogP contribution in [0.3, 0.4) is 0 Å². The molecule has 120 valence electrons. The van der Waals surface area contributed by atoms with Crippen LogP contribution in [0.5, 0.6) is 0 Å². The average molecular weight is 324 g/mol. The molecule has 0 unspecified atom stereocenters. The number of aromatic nitrogens is 1. The summed E-state index contributed by atoms with van der Waals surface area (Å²) in [6.07, 6.45) is -3.73. The lowest BCUT2D eigenvalue weighted by molar-refractivity contribution is -0.384. The quantitative estimate of drug-likeness (QED) is 0.526. The van der Waals surface area contributed by atoms with E-state index in [0.29, 0.717) is 17.5 Å². The maximum absolute atomic E-state index is 12.4. The monoisotopic (exact) mass is 324 g/mol. The van der Waals surface area contributed by atoms with Gasteiger partial charge >= 0.3 is 6.18 Å². The molecule has 0 bridgehead atoms. The molecule has 0 aliphatic heterocycles. The average Bonchev–Trinajstić information content (AvgIpc) is 2.52. The second kappa shape index (κ2) is 6.42. The molecule has 0 radical (unpaired) electrons. The number of hydrazone groups is 1. The van der Waals surface area contributed by atoms with Crippen molar-refractivity contribution in [2.75, 3.05) is 5.43 Å². The second-order valence-corrected chi connectivity index (χ2v) is 4.54. The fourth-order valence-corrected chi connectivity index (χ4v) is 1.66. The first-order valence-corrected chi connectivity index (χ1v) is 6.36. The Morgan fingerprint density at radius 3 is 2.35 bits per heavy atom. The van der Waals surface area contributed by atoms with Crippen molar-refractivity contribution in [1.29, 1.82) is 0 Å². The SMILES string of the molecule is C/C(=N/Nc1ccc(C(F)(F)F)cn1)c1ccc([N+](=O)[O-])cc1. The summed E-state index contributed by atoms with van der Waals surface area (Å²) >= 11 is 0. The zero-order chi connectivity index (χ0) is 17.0. The number of hydrogen-bond donors (Lipinski definition) is 1. The molecule has 0 saturated heterocycles. The molecule has 9 heteroatoms. The number of alkyl halides is 3. The lowest BCUT2D eigenvalue weighted by Crippen LogP contribution is -2.06. The van der Waals surface area contributed by atoms with Crippen LogP contribution in [0.25, 0.3) is 0 Å². The van der Waals surface area contributed by atoms with Gasteiger partial charge in [0.2, 0.25) is 0 Å². The molecular formula is C14H11F3N4O2. The lowest BCUT2D eigenvalue weighted by atomic mass is 10.1. The van der Waals surface area contributed by atoms with E-state index in [1.807, 2.05) is 0 Å². The van der Waals surface area contributed by atoms with Crippen LogP contribution in [-0.4, -0.2) is 15.6 Å². The number of rotatable bonds is 4. The lowest BCUT2D eigenvalue weighted by Gasteiger charge is -2.07. The third kappa shape index (κ3) is 4.25. The number of halogens is 3. The fraction of sp³-hybridized carbons (Fsp3) is 0.143. The first-order chi connectivity index (χ1) is 10.8. The number of pyridine rings is 1. The highest BCUT2D eigenvalue weighted by molar-refractivity contribution is 5.99. The van der Waals surface area contributed by atoms with Crippen molar-refractivity contribution in [2.45, 2.75) is 13.1 Å². The molecule has 1 aromatic heterocycles. The van der Waals surface area contributed by atoms with Gasteiger partial charge in [0.15, 0.2) is 0 Å². The van der Waals surface area contributed by atoms with E-state index in [1.54, 1.807) is 6.92 Å². The minimum Gasteiger partial charge on any atom is -0.261 e. The summed E-state index contributed by atoms with van der Waals surface area (Å²) in [6.45, 7) is 1.65. The summed E-state index contributed by atoms with van der Waals surface area (Å²) in [6, 6.07) is 7.79. The molecule has 0 amide bonds. The molecule has 0 spiro atoms. The van der Waals surface area contributed by atoms with E-state index in [4.69, 9.17) is 0 Å². The van der Waals surface area contributed by atoms with Crippen LogP contribution in [0.15, 0.2) is 47.7 Å². The van der Waals surface area contributed by atoms with Crippen molar-refractivity contribution in [3.8, 4) is 0 Å². The highest BCUT2D eigenvalue weighted by Gasteiger charge is 2.30. The zero-order valence-electron chi connectivity index (χ0n) is 11.8. The van der Waals surface area contributed by atoms with E-state index in [-0.39, 0.29) is 11.5 Å². The summed E-state index contributed by atoms with van der Waals surface area (Å²) in [5.41, 5.74) is 2.78. The summed E-state index contributed by atoms with van der Waals surface area (Å²) in [5.74, 6) is 0.152. The van der Waals surface area contributed by atoms with Crippen molar-refractivity contribution < 1.29 is 18.1 Å². The van der Waals surface area contributed by atoms with Crippen LogP contribution in [0.1, 0.15) is 18.1 Å². The number of hydrogen-bond acceptors (Lipinski definition) is 5. The number of benzene rings is 1. The maximum atomic E-state index is 12.4. The van der Waals surface area contributed by atoms with Gasteiger partial charge in [0.1, 0.15) is 5.82 Å². The van der Waals surface area contributed by atoms with Gasteiger partial charge in [-0.25, -0.2) is 4.98 Å². The third-order valence-electron chi connectivity index (χ3n) is 2.92. The molecule has 0 aliphatic rings. The zero-order valence-corrected chi connectivity index (χ0v) is 11.8. The smallest absolute Gasteiger partial charge is 0.261 e. The fourth-order valence-electron chi connectivity index (χ4n) is 1.66. The molecule has 1 heterocycles. The Balaban J connectivity index is 2.08. The van der Waals surface area contributed by atoms with Gasteiger partial charge < -0.3 is 0 Å². The largest absolute Gasteiger partial charge is 0.417 e. The van der Waals surface area contributed by atoms with Gasteiger partial charge in [-0.3, -0.25) is 15.5 Å². The molecular weight excluding hydrogens is 313 g/mol. The van der Waals surface area contributed by atoms with E-state index in [9.17, 15) is 23.3 Å². The summed E-state index contributed by atoms with van der Waals surface area (Å²) in [7, 11) is 0. The molecule has 1 aromatic carbocycles. The van der Waals surface area contributed by atoms with Crippen LogP contribution in [-0.2, 0) is 6.18 Å². The molecule has 23 heavy (non-hydrogen) atoms. The van der Waals surface area contributed by atoms with Gasteiger partial charge in [-0.1, -0.05) is 0 Å². The predicted octanol–water partition coefficient (Wildman–Crippen LogP) is 3.84. The molecule has 0 aliphatic carbocycles. The number of nitrogens with one attached hydrogen (secondary N) is 1. The van der Waals surface area contributed by atoms with Crippen LogP contribution in [0.4, 0.5) is 24.7 Å². The highest BCUT2D eigenvalue weighted by Crippen LogP contribution is 2.28. The number of anilines is 1. The van der Waals surface area contributed by atoms with Crippen LogP contribution < -0.4 is 5.43 Å². The van der Waals surface area contributed by atoms with Crippen molar-refractivity contribution in [3.05, 3.63) is 63.8 Å². The Morgan fingerprint density at radius 1 is 1.22 bits per heavy atom. The summed E-state index contributed by atoms with van der Waals surface area (Å²) < 4.78 is 37.2. The van der Waals surface area contributed by atoms with Gasteiger partial charge in [-0.2, -0.15) is 18.3 Å². The summed E-state index contributed by atoms with van der Waals surface area (Å²) in [5, 5.41) is 14.5. The Labute approximate surface area is 128 Å². The third-order valence-corrected chi connectivity index (χ3v) is 2.92. The van der Waals surface area contributed by atoms with Gasteiger partial charge in [0.05, 0.1) is 16.2 Å². The minimum atomic E-state index is -4.44. The number of nitro groups is 1. The normalized spacial score (nSPS) is 12.1. The van der Waals surface area contributed by atoms with Gasteiger partial charge in [-0.15, -0.1) is 0 Å². The van der Waals surface area contributed by atoms with Crippen LogP contribution in [0, 0.1) is 10.1 Å². The standard InChI is InChI=1S/C14H11F3N4O2/c1-9(10-2-5-12(6-3-10)21(22)23)19-20-13-7-4-11(8-18-13)14(15,16)17/h2-8H,1H3,(H,18,20)/b19-9-. The number of non-ortho nitro benzene ring substituents is 1. The Bertz CT molecular complexity index is 725. The van der Waals surface area contributed by atoms with E-state index >= 15 is 0 Å². The van der Waals surface area contributed by atoms with Gasteiger partial charge in [-0.05, 0) is 36.8 Å². The van der Waals surface area contributed by atoms with E-state index in [1.165, 1.54) is 24.3 Å². The maximum Gasteiger partial charge on any atom is 0.417 e. The first kappa shape index (κ1) is 16.4. The van der Waals surface area contributed by atoms with Crippen molar-refractivity contribution in [1.82, 2.24) is 4.98 Å². The number of nitro benzene ring substituents is 1. The van der Waals surface area contributed by atoms with Crippen molar-refractivity contribution >= 4 is 17.2 Å². The minimum absolute atomic E-state index is 0.0427. The van der Waals surface area contributed by atoms with Crippen LogP contribution >= 0.6 is 0 Å². The molecule has 6 nitrogen and oxygen atoms in total.